The van der Waals surface area contributed by atoms with Crippen LogP contribution in [0.15, 0.2) is 96.2 Å². The molecule has 0 fully saturated rings. The molecule has 1 aromatic heterocycles. The van der Waals surface area contributed by atoms with Gasteiger partial charge in [-0.2, -0.15) is 0 Å². The largest absolute Gasteiger partial charge is 0.497 e. The van der Waals surface area contributed by atoms with Gasteiger partial charge in [-0.15, -0.1) is 12.4 Å². The first-order valence-corrected chi connectivity index (χ1v) is 11.9. The van der Waals surface area contributed by atoms with Gasteiger partial charge in [-0.25, -0.2) is 4.79 Å². The lowest BCUT2D eigenvalue weighted by molar-refractivity contribution is -0.136. The Kier molecular flexibility index (Phi) is 9.84. The number of allylic oxidation sites excluding steroid dienone is 1. The second-order valence-corrected chi connectivity index (χ2v) is 8.40. The zero-order valence-electron chi connectivity index (χ0n) is 22.1. The van der Waals surface area contributed by atoms with E-state index in [1.54, 1.807) is 57.7 Å². The van der Waals surface area contributed by atoms with E-state index in [1.165, 1.54) is 7.11 Å². The highest BCUT2D eigenvalue weighted by molar-refractivity contribution is 6.20. The Hall–Kier alpha value is -4.62. The van der Waals surface area contributed by atoms with Gasteiger partial charge in [0, 0.05) is 17.6 Å². The molecule has 0 saturated carbocycles. The Balaban J connectivity index is 0.00000420. The number of hydrogen-bond donors (Lipinski definition) is 1. The third-order valence-corrected chi connectivity index (χ3v) is 6.05. The van der Waals surface area contributed by atoms with Crippen LogP contribution < -0.4 is 14.8 Å². The molecule has 1 heterocycles. The van der Waals surface area contributed by atoms with Gasteiger partial charge in [-0.3, -0.25) is 9.78 Å². The molecule has 0 aliphatic heterocycles. The summed E-state index contributed by atoms with van der Waals surface area (Å²) in [5.74, 6) is -0.0511. The van der Waals surface area contributed by atoms with Gasteiger partial charge in [-0.05, 0) is 54.0 Å². The summed E-state index contributed by atoms with van der Waals surface area (Å²) in [6.45, 7) is 1.76. The zero-order valence-corrected chi connectivity index (χ0v) is 22.9. The van der Waals surface area contributed by atoms with E-state index in [-0.39, 0.29) is 23.6 Å². The van der Waals surface area contributed by atoms with Crippen molar-refractivity contribution < 1.29 is 23.8 Å². The lowest BCUT2D eigenvalue weighted by Crippen LogP contribution is -2.21. The molecule has 1 amide bonds. The summed E-state index contributed by atoms with van der Waals surface area (Å²) in [5.41, 5.74) is 3.30. The molecular formula is C31H29ClN2O5. The number of pyridine rings is 1. The fourth-order valence-corrected chi connectivity index (χ4v) is 4.10. The molecule has 200 valence electrons. The molecular weight excluding hydrogens is 516 g/mol. The highest BCUT2D eigenvalue weighted by Crippen LogP contribution is 2.32. The normalized spacial score (nSPS) is 11.6. The van der Waals surface area contributed by atoms with Crippen molar-refractivity contribution >= 4 is 52.5 Å². The number of benzene rings is 3. The van der Waals surface area contributed by atoms with E-state index in [2.05, 4.69) is 10.3 Å². The number of ether oxygens (including phenoxy) is 3. The number of hydrogen-bond acceptors (Lipinski definition) is 6. The Bertz CT molecular complexity index is 1520. The molecule has 1 N–H and O–H groups in total. The molecule has 0 radical (unpaired) electrons. The number of aromatic nitrogens is 1. The van der Waals surface area contributed by atoms with Gasteiger partial charge in [0.1, 0.15) is 11.5 Å². The molecule has 0 aliphatic rings. The number of carbonyl (C=O) groups excluding carboxylic acids is 2. The van der Waals surface area contributed by atoms with Crippen LogP contribution in [0.4, 0.5) is 5.69 Å². The van der Waals surface area contributed by atoms with Crippen molar-refractivity contribution in [2.24, 2.45) is 0 Å². The first-order chi connectivity index (χ1) is 18.4. The smallest absolute Gasteiger partial charge is 0.338 e. The maximum absolute atomic E-state index is 13.9. The Morgan fingerprint density at radius 3 is 2.15 bits per heavy atom. The zero-order chi connectivity index (χ0) is 27.1. The van der Waals surface area contributed by atoms with Crippen molar-refractivity contribution in [1.29, 1.82) is 0 Å². The average molecular weight is 545 g/mol. The molecule has 0 aliphatic carbocycles. The minimum atomic E-state index is -0.655. The summed E-state index contributed by atoms with van der Waals surface area (Å²) in [4.78, 5) is 31.6. The first-order valence-electron chi connectivity index (χ1n) is 11.9. The van der Waals surface area contributed by atoms with Gasteiger partial charge in [0.15, 0.2) is 0 Å². The fraction of sp³-hybridized carbons (Fsp3) is 0.129. The van der Waals surface area contributed by atoms with Crippen LogP contribution in [0.5, 0.6) is 11.5 Å². The summed E-state index contributed by atoms with van der Waals surface area (Å²) < 4.78 is 16.0. The predicted octanol–water partition coefficient (Wildman–Crippen LogP) is 6.34. The second kappa shape index (κ2) is 13.3. The number of amides is 1. The number of nitrogens with zero attached hydrogens (tertiary/aromatic N) is 1. The van der Waals surface area contributed by atoms with Crippen LogP contribution in [-0.4, -0.2) is 38.2 Å². The maximum Gasteiger partial charge on any atom is 0.338 e. The third-order valence-electron chi connectivity index (χ3n) is 6.05. The topological polar surface area (TPSA) is 86.8 Å². The molecule has 7 nitrogen and oxygen atoms in total. The lowest BCUT2D eigenvalue weighted by Gasteiger charge is -2.17. The maximum atomic E-state index is 13.9. The summed E-state index contributed by atoms with van der Waals surface area (Å²) in [7, 11) is 4.38. The number of rotatable bonds is 8. The molecule has 0 bridgehead atoms. The molecule has 0 spiro atoms. The van der Waals surface area contributed by atoms with E-state index in [1.807, 2.05) is 54.6 Å². The number of nitrogens with one attached hydrogen (secondary N) is 1. The number of anilines is 1. The van der Waals surface area contributed by atoms with Gasteiger partial charge >= 0.3 is 5.97 Å². The summed E-state index contributed by atoms with van der Waals surface area (Å²) >= 11 is 0. The highest BCUT2D eigenvalue weighted by Gasteiger charge is 2.26. The van der Waals surface area contributed by atoms with E-state index in [0.29, 0.717) is 33.8 Å². The van der Waals surface area contributed by atoms with Crippen molar-refractivity contribution in [1.82, 2.24) is 4.98 Å². The van der Waals surface area contributed by atoms with Crippen molar-refractivity contribution in [3.05, 3.63) is 107 Å². The number of esters is 1. The molecule has 4 aromatic rings. The molecule has 0 saturated heterocycles. The Morgan fingerprint density at radius 2 is 1.51 bits per heavy atom. The number of methoxy groups -OCH3 is 3. The minimum Gasteiger partial charge on any atom is -0.497 e. The highest BCUT2D eigenvalue weighted by atomic mass is 35.5. The molecule has 0 unspecified atom stereocenters. The van der Waals surface area contributed by atoms with Gasteiger partial charge < -0.3 is 19.5 Å². The first kappa shape index (κ1) is 28.9. The molecule has 8 heteroatoms. The van der Waals surface area contributed by atoms with Crippen LogP contribution in [0.3, 0.4) is 0 Å². The molecule has 4 rings (SSSR count). The van der Waals surface area contributed by atoms with Crippen LogP contribution in [-0.2, 0) is 14.3 Å². The number of halogens is 1. The molecule has 0 atom stereocenters. The van der Waals surface area contributed by atoms with E-state index in [4.69, 9.17) is 14.2 Å². The van der Waals surface area contributed by atoms with Crippen molar-refractivity contribution in [2.75, 3.05) is 26.6 Å². The van der Waals surface area contributed by atoms with E-state index in [0.717, 1.165) is 10.9 Å². The van der Waals surface area contributed by atoms with Crippen LogP contribution in [0.1, 0.15) is 18.1 Å². The van der Waals surface area contributed by atoms with Gasteiger partial charge in [0.05, 0.1) is 43.7 Å². The second-order valence-electron chi connectivity index (χ2n) is 8.40. The van der Waals surface area contributed by atoms with Crippen LogP contribution in [0.25, 0.3) is 22.6 Å². The monoisotopic (exact) mass is 544 g/mol. The number of carbonyl (C=O) groups is 2. The van der Waals surface area contributed by atoms with Crippen molar-refractivity contribution in [3.8, 4) is 11.5 Å². The Morgan fingerprint density at radius 1 is 0.846 bits per heavy atom. The third kappa shape index (κ3) is 6.64. The summed E-state index contributed by atoms with van der Waals surface area (Å²) in [5, 5.41) is 3.83. The van der Waals surface area contributed by atoms with Crippen LogP contribution >= 0.6 is 12.4 Å². The van der Waals surface area contributed by atoms with E-state index >= 15 is 0 Å². The quantitative estimate of drug-likeness (QED) is 0.158. The molecule has 3 aromatic carbocycles. The van der Waals surface area contributed by atoms with E-state index in [9.17, 15) is 9.59 Å². The minimum absolute atomic E-state index is 0. The summed E-state index contributed by atoms with van der Waals surface area (Å²) in [6, 6.07) is 23.8. The molecule has 39 heavy (non-hydrogen) atoms. The summed E-state index contributed by atoms with van der Waals surface area (Å²) in [6.07, 6.45) is 3.33. The average Bonchev–Trinajstić information content (AvgIpc) is 2.96. The SMILES string of the molecule is COC(=O)C(=C(/C)c1cc(OC)cc(OC)c1)/C(=C\c1ccccc1)C(=O)Nc1cccc2cccnc12.Cl. The van der Waals surface area contributed by atoms with Crippen LogP contribution in [0.2, 0.25) is 0 Å². The Labute approximate surface area is 233 Å². The van der Waals surface area contributed by atoms with E-state index < -0.39 is 11.9 Å². The fourth-order valence-electron chi connectivity index (χ4n) is 4.10. The van der Waals surface area contributed by atoms with Crippen molar-refractivity contribution in [2.45, 2.75) is 6.92 Å². The van der Waals surface area contributed by atoms with Crippen LogP contribution in [0, 0.1) is 0 Å². The van der Waals surface area contributed by atoms with Crippen molar-refractivity contribution in [3.63, 3.8) is 0 Å². The number of para-hydroxylation sites is 1. The van der Waals surface area contributed by atoms with Gasteiger partial charge in [0.2, 0.25) is 0 Å². The lowest BCUT2D eigenvalue weighted by atomic mass is 9.93. The van der Waals surface area contributed by atoms with Gasteiger partial charge in [0.25, 0.3) is 5.91 Å². The number of fused-ring (bicyclic) bond motifs is 1. The van der Waals surface area contributed by atoms with Gasteiger partial charge in [-0.1, -0.05) is 48.5 Å². The predicted molar refractivity (Wildman–Crippen MR) is 156 cm³/mol. The standard InChI is InChI=1S/C31H28N2O5.ClH/c1-20(23-17-24(36-2)19-25(18-23)37-3)28(31(35)38-4)26(16-21-10-6-5-7-11-21)30(34)33-27-14-8-12-22-13-9-15-32-29(22)27;/h5-19H,1-4H3,(H,33,34);1H/b26-16+,28-20-;.